The van der Waals surface area contributed by atoms with E-state index < -0.39 is 0 Å². The molecule has 1 fully saturated rings. The zero-order chi connectivity index (χ0) is 17.5. The molecule has 0 spiro atoms. The van der Waals surface area contributed by atoms with Crippen molar-refractivity contribution in [3.63, 3.8) is 0 Å². The summed E-state index contributed by atoms with van der Waals surface area (Å²) in [5.74, 6) is 1.25. The van der Waals surface area contributed by atoms with Crippen molar-refractivity contribution in [3.05, 3.63) is 66.4 Å². The number of carbonyl (C=O) groups excluding carboxylic acids is 1. The molecule has 4 aromatic rings. The number of rotatable bonds is 3. The Bertz CT molecular complexity index is 1050. The van der Waals surface area contributed by atoms with Crippen molar-refractivity contribution in [1.29, 1.82) is 0 Å². The van der Waals surface area contributed by atoms with Crippen molar-refractivity contribution in [2.75, 3.05) is 13.1 Å². The number of amides is 1. The number of hydrogen-bond acceptors (Lipinski definition) is 6. The van der Waals surface area contributed by atoms with Gasteiger partial charge in [-0.3, -0.25) is 9.78 Å². The van der Waals surface area contributed by atoms with E-state index in [4.69, 9.17) is 8.94 Å². The van der Waals surface area contributed by atoms with E-state index in [1.165, 1.54) is 0 Å². The Morgan fingerprint density at radius 2 is 1.96 bits per heavy atom. The number of aromatic nitrogens is 3. The Balaban J connectivity index is 1.28. The Morgan fingerprint density at radius 1 is 1.12 bits per heavy atom. The largest absolute Gasteiger partial charge is 0.451 e. The van der Waals surface area contributed by atoms with Gasteiger partial charge < -0.3 is 13.8 Å². The molecule has 0 aliphatic carbocycles. The molecule has 4 heterocycles. The van der Waals surface area contributed by atoms with Crippen molar-refractivity contribution in [3.8, 4) is 11.5 Å². The van der Waals surface area contributed by atoms with Gasteiger partial charge >= 0.3 is 0 Å². The molecule has 1 aliphatic heterocycles. The van der Waals surface area contributed by atoms with E-state index in [1.807, 2.05) is 42.5 Å². The van der Waals surface area contributed by atoms with Crippen LogP contribution in [0.4, 0.5) is 0 Å². The van der Waals surface area contributed by atoms with Crippen LogP contribution in [0.3, 0.4) is 0 Å². The molecule has 1 aliphatic rings. The molecule has 7 nitrogen and oxygen atoms in total. The molecule has 0 atom stereocenters. The molecule has 0 bridgehead atoms. The number of benzene rings is 1. The van der Waals surface area contributed by atoms with Gasteiger partial charge in [-0.1, -0.05) is 29.4 Å². The molecule has 1 amide bonds. The first-order chi connectivity index (χ1) is 12.8. The van der Waals surface area contributed by atoms with Crippen molar-refractivity contribution < 1.29 is 13.7 Å². The van der Waals surface area contributed by atoms with Gasteiger partial charge in [0, 0.05) is 24.7 Å². The Kier molecular flexibility index (Phi) is 3.31. The second kappa shape index (κ2) is 5.80. The lowest BCUT2D eigenvalue weighted by Crippen LogP contribution is -2.48. The molecule has 0 saturated carbocycles. The number of hydrogen-bond donors (Lipinski definition) is 0. The second-order valence-electron chi connectivity index (χ2n) is 6.23. The van der Waals surface area contributed by atoms with Gasteiger partial charge in [0.1, 0.15) is 11.3 Å². The molecule has 0 unspecified atom stereocenters. The van der Waals surface area contributed by atoms with Crippen LogP contribution < -0.4 is 0 Å². The first-order valence-corrected chi connectivity index (χ1v) is 8.31. The molecule has 1 saturated heterocycles. The maximum absolute atomic E-state index is 12.6. The Labute approximate surface area is 148 Å². The fraction of sp³-hybridized carbons (Fsp3) is 0.158. The third-order valence-corrected chi connectivity index (χ3v) is 4.49. The third-order valence-electron chi connectivity index (χ3n) is 4.49. The fourth-order valence-corrected chi connectivity index (χ4v) is 3.04. The lowest BCUT2D eigenvalue weighted by atomic mass is 10.00. The summed E-state index contributed by atoms with van der Waals surface area (Å²) >= 11 is 0. The van der Waals surface area contributed by atoms with E-state index in [9.17, 15) is 4.79 Å². The second-order valence-corrected chi connectivity index (χ2v) is 6.23. The number of nitrogens with zero attached hydrogens (tertiary/aromatic N) is 4. The van der Waals surface area contributed by atoms with Crippen LogP contribution in [-0.4, -0.2) is 39.0 Å². The highest BCUT2D eigenvalue weighted by atomic mass is 16.5. The normalized spacial score (nSPS) is 14.5. The number of fused-ring (bicyclic) bond motifs is 1. The Hall–Kier alpha value is -3.48. The van der Waals surface area contributed by atoms with Crippen LogP contribution >= 0.6 is 0 Å². The van der Waals surface area contributed by atoms with Crippen molar-refractivity contribution in [2.45, 2.75) is 5.92 Å². The monoisotopic (exact) mass is 346 g/mol. The fourth-order valence-electron chi connectivity index (χ4n) is 3.04. The molecular formula is C19H14N4O3. The number of furan rings is 1. The summed E-state index contributed by atoms with van der Waals surface area (Å²) in [7, 11) is 0. The van der Waals surface area contributed by atoms with E-state index in [-0.39, 0.29) is 11.8 Å². The van der Waals surface area contributed by atoms with Crippen LogP contribution in [0.5, 0.6) is 0 Å². The highest BCUT2D eigenvalue weighted by Gasteiger charge is 2.37. The van der Waals surface area contributed by atoms with E-state index >= 15 is 0 Å². The molecule has 5 rings (SSSR count). The third kappa shape index (κ3) is 2.45. The average molecular weight is 346 g/mol. The van der Waals surface area contributed by atoms with E-state index in [0.29, 0.717) is 41.8 Å². The van der Waals surface area contributed by atoms with Crippen LogP contribution in [0, 0.1) is 0 Å². The maximum atomic E-state index is 12.6. The molecule has 0 radical (unpaired) electrons. The van der Waals surface area contributed by atoms with E-state index in [2.05, 4.69) is 15.1 Å². The summed E-state index contributed by atoms with van der Waals surface area (Å²) in [6.45, 7) is 1.06. The van der Waals surface area contributed by atoms with Crippen molar-refractivity contribution in [2.24, 2.45) is 0 Å². The van der Waals surface area contributed by atoms with Crippen LogP contribution in [-0.2, 0) is 0 Å². The summed E-state index contributed by atoms with van der Waals surface area (Å²) in [6.07, 6.45) is 1.68. The lowest BCUT2D eigenvalue weighted by molar-refractivity contribution is 0.0539. The Morgan fingerprint density at radius 3 is 2.77 bits per heavy atom. The predicted octanol–water partition coefficient (Wildman–Crippen LogP) is 3.12. The molecule has 0 N–H and O–H groups in total. The highest BCUT2D eigenvalue weighted by molar-refractivity contribution is 5.96. The minimum absolute atomic E-state index is 0.0355. The summed E-state index contributed by atoms with van der Waals surface area (Å²) in [4.78, 5) is 22.9. The minimum atomic E-state index is -0.123. The number of likely N-dealkylation sites (tertiary alicyclic amines) is 1. The van der Waals surface area contributed by atoms with Gasteiger partial charge in [-0.2, -0.15) is 4.98 Å². The molecular weight excluding hydrogens is 332 g/mol. The first-order valence-electron chi connectivity index (χ1n) is 8.31. The van der Waals surface area contributed by atoms with Crippen LogP contribution in [0.25, 0.3) is 22.5 Å². The summed E-state index contributed by atoms with van der Waals surface area (Å²) < 4.78 is 11.0. The van der Waals surface area contributed by atoms with Crippen LogP contribution in [0.2, 0.25) is 0 Å². The number of pyridine rings is 1. The van der Waals surface area contributed by atoms with Crippen LogP contribution in [0.15, 0.2) is 63.7 Å². The standard InChI is InChI=1S/C19H14N4O3/c24-19(16-9-12-5-1-2-7-15(12)25-16)23-10-13(11-23)18-21-17(22-26-18)14-6-3-4-8-20-14/h1-9,13H,10-11H2. The zero-order valence-electron chi connectivity index (χ0n) is 13.7. The number of para-hydroxylation sites is 1. The summed E-state index contributed by atoms with van der Waals surface area (Å²) in [5.41, 5.74) is 1.38. The topological polar surface area (TPSA) is 85.3 Å². The SMILES string of the molecule is O=C(c1cc2ccccc2o1)N1CC(c2nc(-c3ccccn3)no2)C1. The van der Waals surface area contributed by atoms with Gasteiger partial charge in [0.25, 0.3) is 5.91 Å². The predicted molar refractivity (Wildman–Crippen MR) is 92.4 cm³/mol. The quantitative estimate of drug-likeness (QED) is 0.566. The number of carbonyl (C=O) groups is 1. The van der Waals surface area contributed by atoms with Crippen molar-refractivity contribution >= 4 is 16.9 Å². The van der Waals surface area contributed by atoms with E-state index in [1.54, 1.807) is 17.2 Å². The van der Waals surface area contributed by atoms with Gasteiger partial charge in [-0.15, -0.1) is 0 Å². The van der Waals surface area contributed by atoms with Gasteiger partial charge in [0.2, 0.25) is 11.7 Å². The summed E-state index contributed by atoms with van der Waals surface area (Å²) in [5, 5.41) is 4.90. The van der Waals surface area contributed by atoms with Gasteiger partial charge in [0.05, 0.1) is 5.92 Å². The molecule has 7 heteroatoms. The van der Waals surface area contributed by atoms with Crippen LogP contribution in [0.1, 0.15) is 22.4 Å². The molecule has 128 valence electrons. The first kappa shape index (κ1) is 14.8. The zero-order valence-corrected chi connectivity index (χ0v) is 13.7. The van der Waals surface area contributed by atoms with Crippen molar-refractivity contribution in [1.82, 2.24) is 20.0 Å². The molecule has 3 aromatic heterocycles. The minimum Gasteiger partial charge on any atom is -0.451 e. The molecule has 26 heavy (non-hydrogen) atoms. The highest BCUT2D eigenvalue weighted by Crippen LogP contribution is 2.29. The van der Waals surface area contributed by atoms with Gasteiger partial charge in [-0.05, 0) is 24.3 Å². The lowest BCUT2D eigenvalue weighted by Gasteiger charge is -2.36. The van der Waals surface area contributed by atoms with E-state index in [0.717, 1.165) is 5.39 Å². The smallest absolute Gasteiger partial charge is 0.289 e. The maximum Gasteiger partial charge on any atom is 0.289 e. The summed E-state index contributed by atoms with van der Waals surface area (Å²) in [6, 6.07) is 14.9. The average Bonchev–Trinajstić information content (AvgIpc) is 3.28. The van der Waals surface area contributed by atoms with Gasteiger partial charge in [-0.25, -0.2) is 0 Å². The molecule has 1 aromatic carbocycles. The van der Waals surface area contributed by atoms with Gasteiger partial charge in [0.15, 0.2) is 5.76 Å².